The second kappa shape index (κ2) is 6.16. The van der Waals surface area contributed by atoms with E-state index >= 15 is 0 Å². The van der Waals surface area contributed by atoms with Gasteiger partial charge in [-0.25, -0.2) is 4.98 Å². The quantitative estimate of drug-likeness (QED) is 0.948. The Morgan fingerprint density at radius 1 is 1.30 bits per heavy atom. The molecule has 120 valence electrons. The van der Waals surface area contributed by atoms with E-state index in [1.165, 1.54) is 18.7 Å². The molecule has 5 heteroatoms. The molecule has 1 saturated heterocycles. The number of imidazole rings is 1. The molecule has 4 rings (SSSR count). The van der Waals surface area contributed by atoms with Gasteiger partial charge < -0.3 is 14.6 Å². The molecule has 1 fully saturated rings. The third-order valence-electron chi connectivity index (χ3n) is 4.56. The lowest BCUT2D eigenvalue weighted by Gasteiger charge is -2.11. The van der Waals surface area contributed by atoms with Crippen LogP contribution >= 0.6 is 0 Å². The van der Waals surface area contributed by atoms with E-state index in [9.17, 15) is 4.79 Å². The van der Waals surface area contributed by atoms with E-state index in [1.54, 1.807) is 0 Å². The lowest BCUT2D eigenvalue weighted by atomic mass is 10.1. The summed E-state index contributed by atoms with van der Waals surface area (Å²) < 4.78 is 7.68. The fraction of sp³-hybridized carbons (Fsp3) is 0.444. The zero-order valence-electron chi connectivity index (χ0n) is 13.1. The third kappa shape index (κ3) is 3.01. The number of hydrogen-bond donors (Lipinski definition) is 1. The molecular weight excluding hydrogens is 290 g/mol. The number of nitrogens with zero attached hydrogens (tertiary/aromatic N) is 2. The fourth-order valence-corrected chi connectivity index (χ4v) is 3.32. The molecule has 1 unspecified atom stereocenters. The molecule has 2 aromatic rings. The minimum absolute atomic E-state index is 0.0521. The van der Waals surface area contributed by atoms with Crippen LogP contribution < -0.4 is 5.32 Å². The summed E-state index contributed by atoms with van der Waals surface area (Å²) >= 11 is 0. The van der Waals surface area contributed by atoms with Gasteiger partial charge >= 0.3 is 0 Å². The average molecular weight is 311 g/mol. The molecule has 23 heavy (non-hydrogen) atoms. The predicted octanol–water partition coefficient (Wildman–Crippen LogP) is 3.00. The molecule has 3 heterocycles. The molecule has 1 N–H and O–H groups in total. The van der Waals surface area contributed by atoms with Crippen molar-refractivity contribution < 1.29 is 9.53 Å². The molecule has 0 aliphatic carbocycles. The van der Waals surface area contributed by atoms with E-state index in [2.05, 4.69) is 16.1 Å². The van der Waals surface area contributed by atoms with Crippen molar-refractivity contribution in [3.8, 4) is 11.3 Å². The summed E-state index contributed by atoms with van der Waals surface area (Å²) in [5, 5.41) is 2.96. The van der Waals surface area contributed by atoms with Crippen LogP contribution in [0.5, 0.6) is 0 Å². The first-order valence-corrected chi connectivity index (χ1v) is 8.38. The fourth-order valence-electron chi connectivity index (χ4n) is 3.32. The molecule has 2 aliphatic heterocycles. The molecule has 2 aliphatic rings. The van der Waals surface area contributed by atoms with Crippen molar-refractivity contribution in [2.24, 2.45) is 0 Å². The molecule has 0 bridgehead atoms. The molecule has 1 amide bonds. The van der Waals surface area contributed by atoms with Gasteiger partial charge in [0, 0.05) is 37.0 Å². The van der Waals surface area contributed by atoms with Gasteiger partial charge in [-0.15, -0.1) is 0 Å². The molecule has 0 radical (unpaired) electrons. The largest absolute Gasteiger partial charge is 0.368 e. The number of amides is 1. The highest BCUT2D eigenvalue weighted by Crippen LogP contribution is 2.25. The number of fused-ring (bicyclic) bond motifs is 1. The monoisotopic (exact) mass is 311 g/mol. The van der Waals surface area contributed by atoms with E-state index in [-0.39, 0.29) is 12.0 Å². The molecular formula is C18H21N3O2. The van der Waals surface area contributed by atoms with E-state index < -0.39 is 0 Å². The number of carbonyl (C=O) groups is 1. The number of nitrogens with one attached hydrogen (secondary N) is 1. The normalized spacial score (nSPS) is 20.3. The van der Waals surface area contributed by atoms with Crippen molar-refractivity contribution in [3.05, 3.63) is 36.3 Å². The van der Waals surface area contributed by atoms with Gasteiger partial charge in [0.2, 0.25) is 0 Å². The topological polar surface area (TPSA) is 56.2 Å². The van der Waals surface area contributed by atoms with Gasteiger partial charge in [0.15, 0.2) is 0 Å². The van der Waals surface area contributed by atoms with E-state index in [0.29, 0.717) is 6.61 Å². The van der Waals surface area contributed by atoms with Crippen LogP contribution in [-0.2, 0) is 22.5 Å². The number of benzene rings is 1. The number of rotatable bonds is 3. The van der Waals surface area contributed by atoms with Crippen molar-refractivity contribution in [1.29, 1.82) is 0 Å². The second-order valence-corrected chi connectivity index (χ2v) is 6.26. The van der Waals surface area contributed by atoms with Gasteiger partial charge in [0.25, 0.3) is 5.91 Å². The standard InChI is InChI=1S/C18H21N3O2/c22-18(16-7-4-10-23-16)19-14-6-3-5-13(11-14)15-12-21-9-2-1-8-17(21)20-15/h3,5-6,11-12,16H,1-2,4,7-10H2,(H,19,22). The van der Waals surface area contributed by atoms with Gasteiger partial charge in [-0.3, -0.25) is 4.79 Å². The summed E-state index contributed by atoms with van der Waals surface area (Å²) in [4.78, 5) is 16.9. The minimum Gasteiger partial charge on any atom is -0.368 e. The first-order valence-electron chi connectivity index (χ1n) is 8.38. The highest BCUT2D eigenvalue weighted by molar-refractivity contribution is 5.94. The lowest BCUT2D eigenvalue weighted by molar-refractivity contribution is -0.124. The predicted molar refractivity (Wildman–Crippen MR) is 88.2 cm³/mol. The maximum absolute atomic E-state index is 12.2. The Balaban J connectivity index is 1.53. The first kappa shape index (κ1) is 14.5. The van der Waals surface area contributed by atoms with Crippen LogP contribution in [0.3, 0.4) is 0 Å². The summed E-state index contributed by atoms with van der Waals surface area (Å²) in [6.45, 7) is 1.73. The molecule has 1 atom stereocenters. The van der Waals surface area contributed by atoms with Crippen molar-refractivity contribution in [3.63, 3.8) is 0 Å². The number of aryl methyl sites for hydroxylation is 2. The average Bonchev–Trinajstić information content (AvgIpc) is 3.24. The van der Waals surface area contributed by atoms with E-state index in [1.807, 2.05) is 24.3 Å². The number of ether oxygens (including phenoxy) is 1. The second-order valence-electron chi connectivity index (χ2n) is 6.26. The Bertz CT molecular complexity index is 693. The van der Waals surface area contributed by atoms with Crippen molar-refractivity contribution in [2.75, 3.05) is 11.9 Å². The summed E-state index contributed by atoms with van der Waals surface area (Å²) in [5.74, 6) is 1.11. The highest BCUT2D eigenvalue weighted by Gasteiger charge is 2.23. The number of anilines is 1. The first-order chi connectivity index (χ1) is 11.3. The zero-order chi connectivity index (χ0) is 15.6. The number of carbonyl (C=O) groups excluding carboxylic acids is 1. The van der Waals surface area contributed by atoms with Crippen LogP contribution in [0.25, 0.3) is 11.3 Å². The van der Waals surface area contributed by atoms with Crippen LogP contribution in [0, 0.1) is 0 Å². The molecule has 1 aromatic heterocycles. The minimum atomic E-state index is -0.307. The molecule has 0 spiro atoms. The molecule has 1 aromatic carbocycles. The zero-order valence-corrected chi connectivity index (χ0v) is 13.1. The van der Waals surface area contributed by atoms with Gasteiger partial charge in [0.05, 0.1) is 5.69 Å². The maximum Gasteiger partial charge on any atom is 0.253 e. The lowest BCUT2D eigenvalue weighted by Crippen LogP contribution is -2.26. The maximum atomic E-state index is 12.2. The summed E-state index contributed by atoms with van der Waals surface area (Å²) in [5.41, 5.74) is 2.82. The van der Waals surface area contributed by atoms with Crippen LogP contribution in [0.4, 0.5) is 5.69 Å². The third-order valence-corrected chi connectivity index (χ3v) is 4.56. The Morgan fingerprint density at radius 2 is 2.26 bits per heavy atom. The van der Waals surface area contributed by atoms with Crippen molar-refractivity contribution in [1.82, 2.24) is 9.55 Å². The van der Waals surface area contributed by atoms with Crippen molar-refractivity contribution >= 4 is 11.6 Å². The highest BCUT2D eigenvalue weighted by atomic mass is 16.5. The summed E-state index contributed by atoms with van der Waals surface area (Å²) in [6, 6.07) is 7.89. The summed E-state index contributed by atoms with van der Waals surface area (Å²) in [6.07, 6.45) is 7.06. The van der Waals surface area contributed by atoms with Crippen LogP contribution in [-0.4, -0.2) is 28.2 Å². The van der Waals surface area contributed by atoms with Crippen LogP contribution in [0.1, 0.15) is 31.5 Å². The van der Waals surface area contributed by atoms with Crippen LogP contribution in [0.2, 0.25) is 0 Å². The SMILES string of the molecule is O=C(Nc1cccc(-c2cn3c(n2)CCCC3)c1)C1CCCO1. The Morgan fingerprint density at radius 3 is 3.09 bits per heavy atom. The van der Waals surface area contributed by atoms with Gasteiger partial charge in [-0.2, -0.15) is 0 Å². The van der Waals surface area contributed by atoms with Gasteiger partial charge in [-0.05, 0) is 37.8 Å². The molecule has 5 nitrogen and oxygen atoms in total. The Hall–Kier alpha value is -2.14. The van der Waals surface area contributed by atoms with Gasteiger partial charge in [-0.1, -0.05) is 12.1 Å². The smallest absolute Gasteiger partial charge is 0.253 e. The van der Waals surface area contributed by atoms with Crippen LogP contribution in [0.15, 0.2) is 30.5 Å². The van der Waals surface area contributed by atoms with Gasteiger partial charge in [0.1, 0.15) is 11.9 Å². The van der Waals surface area contributed by atoms with Crippen molar-refractivity contribution in [2.45, 2.75) is 44.8 Å². The summed E-state index contributed by atoms with van der Waals surface area (Å²) in [7, 11) is 0. The Kier molecular flexibility index (Phi) is 3.87. The van der Waals surface area contributed by atoms with E-state index in [4.69, 9.17) is 9.72 Å². The number of aromatic nitrogens is 2. The molecule has 0 saturated carbocycles. The number of hydrogen-bond acceptors (Lipinski definition) is 3. The Labute approximate surface area is 135 Å². The van der Waals surface area contributed by atoms with E-state index in [0.717, 1.165) is 42.8 Å².